The summed E-state index contributed by atoms with van der Waals surface area (Å²) in [5.74, 6) is 1.97. The number of rotatable bonds is 7. The molecule has 0 radical (unpaired) electrons. The number of carbonyl (C=O) groups excluding carboxylic acids is 1. The molecule has 4 rings (SSSR count). The first-order valence-corrected chi connectivity index (χ1v) is 13.6. The van der Waals surface area contributed by atoms with Gasteiger partial charge in [-0.15, -0.1) is 0 Å². The van der Waals surface area contributed by atoms with Gasteiger partial charge in [0.05, 0.1) is 25.9 Å². The summed E-state index contributed by atoms with van der Waals surface area (Å²) in [5, 5.41) is 0. The highest BCUT2D eigenvalue weighted by Gasteiger charge is 2.28. The third-order valence-electron chi connectivity index (χ3n) is 6.12. The summed E-state index contributed by atoms with van der Waals surface area (Å²) >= 11 is -1.65. The van der Waals surface area contributed by atoms with Crippen molar-refractivity contribution in [3.05, 3.63) is 35.7 Å². The summed E-state index contributed by atoms with van der Waals surface area (Å²) in [4.78, 5) is 22.6. The average molecular weight is 550 g/mol. The number of hydrogen-bond acceptors (Lipinski definition) is 10. The maximum atomic E-state index is 12.3. The van der Waals surface area contributed by atoms with E-state index in [1.54, 1.807) is 12.0 Å². The van der Waals surface area contributed by atoms with Gasteiger partial charge in [-0.25, -0.2) is 14.8 Å². The van der Waals surface area contributed by atoms with E-state index in [9.17, 15) is 9.00 Å². The van der Waals surface area contributed by atoms with Gasteiger partial charge in [-0.1, -0.05) is 6.07 Å². The second kappa shape index (κ2) is 12.3. The van der Waals surface area contributed by atoms with E-state index in [0.717, 1.165) is 5.56 Å². The van der Waals surface area contributed by atoms with Crippen molar-refractivity contribution < 1.29 is 36.3 Å². The molecule has 0 saturated carbocycles. The van der Waals surface area contributed by atoms with E-state index in [1.165, 1.54) is 6.33 Å². The van der Waals surface area contributed by atoms with Crippen LogP contribution in [0.4, 0.5) is 4.79 Å². The highest BCUT2D eigenvalue weighted by molar-refractivity contribution is 7.75. The normalized spacial score (nSPS) is 20.6. The van der Waals surface area contributed by atoms with E-state index in [2.05, 4.69) is 9.97 Å². The summed E-state index contributed by atoms with van der Waals surface area (Å²) in [5.41, 5.74) is 1.15. The summed E-state index contributed by atoms with van der Waals surface area (Å²) in [6.07, 6.45) is 3.03. The molecule has 2 fully saturated rings. The van der Waals surface area contributed by atoms with Crippen LogP contribution in [0.15, 0.2) is 24.5 Å². The molecule has 0 N–H and O–H groups in total. The number of aromatic nitrogens is 2. The van der Waals surface area contributed by atoms with Gasteiger partial charge in [-0.05, 0) is 51.8 Å². The van der Waals surface area contributed by atoms with Crippen molar-refractivity contribution in [1.82, 2.24) is 14.9 Å². The summed E-state index contributed by atoms with van der Waals surface area (Å²) in [7, 11) is 1.58. The fourth-order valence-corrected chi connectivity index (χ4v) is 4.82. The molecule has 208 valence electrons. The van der Waals surface area contributed by atoms with Crippen LogP contribution in [0.25, 0.3) is 0 Å². The van der Waals surface area contributed by atoms with Gasteiger partial charge in [0.2, 0.25) is 11.8 Å². The zero-order valence-electron chi connectivity index (χ0n) is 22.4. The second-order valence-corrected chi connectivity index (χ2v) is 11.2. The molecule has 2 aromatic rings. The molecule has 2 aliphatic heterocycles. The van der Waals surface area contributed by atoms with E-state index in [1.807, 2.05) is 45.9 Å². The largest absolute Gasteiger partial charge is 0.493 e. The maximum absolute atomic E-state index is 12.3. The summed E-state index contributed by atoms with van der Waals surface area (Å²) < 4.78 is 44.7. The SMILES string of the molecule is COc1cc(C[C@H]2CO[S@@](=O)OC2)ccc1Oc1ncnc(OC2CCN(C(=O)OC(C)(C)C)CC2)c1C. The molecule has 0 bridgehead atoms. The third-order valence-corrected chi connectivity index (χ3v) is 6.78. The van der Waals surface area contributed by atoms with Crippen LogP contribution in [-0.4, -0.2) is 70.3 Å². The van der Waals surface area contributed by atoms with Crippen molar-refractivity contribution in [3.63, 3.8) is 0 Å². The number of ether oxygens (including phenoxy) is 4. The van der Waals surface area contributed by atoms with Crippen molar-refractivity contribution in [2.24, 2.45) is 5.92 Å². The van der Waals surface area contributed by atoms with Crippen LogP contribution >= 0.6 is 0 Å². The van der Waals surface area contributed by atoms with Crippen LogP contribution in [0.3, 0.4) is 0 Å². The molecule has 0 atom stereocenters. The Balaban J connectivity index is 1.37. The molecule has 0 unspecified atom stereocenters. The molecular formula is C26H35N3O8S. The molecule has 3 heterocycles. The van der Waals surface area contributed by atoms with E-state index >= 15 is 0 Å². The van der Waals surface area contributed by atoms with Gasteiger partial charge < -0.3 is 23.8 Å². The zero-order chi connectivity index (χ0) is 27.3. The predicted octanol–water partition coefficient (Wildman–Crippen LogP) is 4.15. The Kier molecular flexibility index (Phi) is 9.06. The van der Waals surface area contributed by atoms with Gasteiger partial charge in [0, 0.05) is 31.8 Å². The van der Waals surface area contributed by atoms with Crippen molar-refractivity contribution in [1.29, 1.82) is 0 Å². The number of methoxy groups -OCH3 is 1. The van der Waals surface area contributed by atoms with Gasteiger partial charge in [-0.2, -0.15) is 4.21 Å². The van der Waals surface area contributed by atoms with Gasteiger partial charge in [0.15, 0.2) is 11.5 Å². The monoisotopic (exact) mass is 549 g/mol. The fraction of sp³-hybridized carbons (Fsp3) is 0.577. The number of hydrogen-bond donors (Lipinski definition) is 0. The summed E-state index contributed by atoms with van der Waals surface area (Å²) in [6.45, 7) is 9.25. The minimum absolute atomic E-state index is 0.0888. The minimum Gasteiger partial charge on any atom is -0.493 e. The molecule has 1 aromatic carbocycles. The van der Waals surface area contributed by atoms with Crippen LogP contribution in [0.1, 0.15) is 44.7 Å². The lowest BCUT2D eigenvalue weighted by atomic mass is 10.0. The molecule has 0 spiro atoms. The van der Waals surface area contributed by atoms with Crippen molar-refractivity contribution in [2.45, 2.75) is 58.7 Å². The Labute approximate surface area is 225 Å². The number of carbonyl (C=O) groups is 1. The standard InChI is InChI=1S/C26H35N3O8S/c1-17-23(35-20-8-10-29(11-9-20)25(30)37-26(2,3)4)27-16-28-24(17)36-21-7-6-18(13-22(21)32-5)12-19-14-33-38(31)34-15-19/h6-7,13,16,19-20H,8-12,14-15H2,1-5H3/t19-,38+. The van der Waals surface area contributed by atoms with Crippen molar-refractivity contribution in [3.8, 4) is 23.3 Å². The van der Waals surface area contributed by atoms with Gasteiger partial charge >= 0.3 is 17.5 Å². The van der Waals surface area contributed by atoms with Crippen LogP contribution < -0.4 is 14.2 Å². The fourth-order valence-electron chi connectivity index (χ4n) is 4.15. The van der Waals surface area contributed by atoms with Crippen molar-refractivity contribution >= 4 is 17.5 Å². The van der Waals surface area contributed by atoms with E-state index < -0.39 is 17.0 Å². The third kappa shape index (κ3) is 7.55. The minimum atomic E-state index is -1.65. The summed E-state index contributed by atoms with van der Waals surface area (Å²) in [6, 6.07) is 5.66. The molecule has 2 saturated heterocycles. The Morgan fingerprint density at radius 2 is 1.79 bits per heavy atom. The lowest BCUT2D eigenvalue weighted by molar-refractivity contribution is 0.0122. The second-order valence-electron chi connectivity index (χ2n) is 10.3. The maximum Gasteiger partial charge on any atom is 0.410 e. The van der Waals surface area contributed by atoms with Crippen molar-refractivity contribution in [2.75, 3.05) is 33.4 Å². The predicted molar refractivity (Wildman–Crippen MR) is 139 cm³/mol. The molecule has 1 aromatic heterocycles. The molecule has 2 aliphatic rings. The number of amides is 1. The molecule has 12 heteroatoms. The Bertz CT molecular complexity index is 1140. The first-order valence-electron chi connectivity index (χ1n) is 12.6. The molecule has 1 amide bonds. The van der Waals surface area contributed by atoms with Crippen LogP contribution in [0.2, 0.25) is 0 Å². The Morgan fingerprint density at radius 3 is 2.45 bits per heavy atom. The van der Waals surface area contributed by atoms with Gasteiger partial charge in [0.1, 0.15) is 18.0 Å². The van der Waals surface area contributed by atoms with E-state index in [-0.39, 0.29) is 18.1 Å². The molecule has 0 aliphatic carbocycles. The zero-order valence-corrected chi connectivity index (χ0v) is 23.2. The van der Waals surface area contributed by atoms with Crippen LogP contribution in [0, 0.1) is 12.8 Å². The lowest BCUT2D eigenvalue weighted by Crippen LogP contribution is -2.44. The first-order chi connectivity index (χ1) is 18.1. The lowest BCUT2D eigenvalue weighted by Gasteiger charge is -2.33. The molecule has 38 heavy (non-hydrogen) atoms. The average Bonchev–Trinajstić information content (AvgIpc) is 2.88. The van der Waals surface area contributed by atoms with E-state index in [0.29, 0.717) is 74.4 Å². The topological polar surface area (TPSA) is 119 Å². The number of piperidine rings is 1. The molecular weight excluding hydrogens is 514 g/mol. The smallest absolute Gasteiger partial charge is 0.410 e. The Hall–Kier alpha value is -2.96. The van der Waals surface area contributed by atoms with E-state index in [4.69, 9.17) is 27.3 Å². The highest BCUT2D eigenvalue weighted by Crippen LogP contribution is 2.35. The van der Waals surface area contributed by atoms with Gasteiger partial charge in [-0.3, -0.25) is 8.37 Å². The highest BCUT2D eigenvalue weighted by atomic mass is 32.2. The quantitative estimate of drug-likeness (QED) is 0.498. The van der Waals surface area contributed by atoms with Crippen LogP contribution in [-0.2, 0) is 30.9 Å². The van der Waals surface area contributed by atoms with Gasteiger partial charge in [0.25, 0.3) is 0 Å². The number of likely N-dealkylation sites (tertiary alicyclic amines) is 1. The first kappa shape index (κ1) is 28.1. The Morgan fingerprint density at radius 1 is 1.11 bits per heavy atom. The van der Waals surface area contributed by atoms with Crippen LogP contribution in [0.5, 0.6) is 23.3 Å². The molecule has 11 nitrogen and oxygen atoms in total. The number of nitrogens with zero attached hydrogens (tertiary/aromatic N) is 3. The number of benzene rings is 1.